The molecule has 2 aliphatic rings. The first-order chi connectivity index (χ1) is 17.4. The monoisotopic (exact) mass is 503 g/mol. The number of carbonyl (C=O) groups excluding carboxylic acids is 2. The van der Waals surface area contributed by atoms with Crippen LogP contribution in [0.1, 0.15) is 57.9 Å². The van der Waals surface area contributed by atoms with E-state index in [0.29, 0.717) is 13.1 Å². The molecule has 1 saturated carbocycles. The molecule has 1 saturated heterocycles. The lowest BCUT2D eigenvalue weighted by molar-refractivity contribution is 0.00623. The molecule has 37 heavy (non-hydrogen) atoms. The van der Waals surface area contributed by atoms with Gasteiger partial charge >= 0.3 is 12.0 Å². The second-order valence-corrected chi connectivity index (χ2v) is 11.7. The van der Waals surface area contributed by atoms with Crippen LogP contribution in [0.5, 0.6) is 5.75 Å². The minimum Gasteiger partial charge on any atom is -0.490 e. The minimum atomic E-state index is -0.629. The fourth-order valence-electron chi connectivity index (χ4n) is 5.60. The number of ether oxygens (including phenoxy) is 2. The molecule has 194 valence electrons. The predicted molar refractivity (Wildman–Crippen MR) is 137 cm³/mol. The fraction of sp³-hybridized carbons (Fsp3) is 0.464. The molecule has 1 aliphatic heterocycles. The van der Waals surface area contributed by atoms with Gasteiger partial charge in [0, 0.05) is 31.0 Å². The van der Waals surface area contributed by atoms with Gasteiger partial charge in [-0.25, -0.2) is 19.6 Å². The van der Waals surface area contributed by atoms with Crippen LogP contribution in [0.15, 0.2) is 55.1 Å². The van der Waals surface area contributed by atoms with Crippen LogP contribution in [0.25, 0.3) is 11.3 Å². The van der Waals surface area contributed by atoms with Crippen LogP contribution in [0.3, 0.4) is 0 Å². The number of hydrogen-bond donors (Lipinski definition) is 0. The van der Waals surface area contributed by atoms with Crippen LogP contribution in [-0.4, -0.2) is 61.4 Å². The number of rotatable bonds is 4. The maximum atomic E-state index is 13.3. The Balaban J connectivity index is 1.24. The molecule has 2 aromatic heterocycles. The van der Waals surface area contributed by atoms with Gasteiger partial charge in [-0.15, -0.1) is 0 Å². The zero-order chi connectivity index (χ0) is 26.4. The molecule has 1 amide bonds. The Morgan fingerprint density at radius 2 is 1.78 bits per heavy atom. The molecule has 0 spiro atoms. The van der Waals surface area contributed by atoms with Gasteiger partial charge in [0.2, 0.25) is 0 Å². The van der Waals surface area contributed by atoms with E-state index >= 15 is 0 Å². The lowest BCUT2D eigenvalue weighted by atomic mass is 9.71. The molecule has 1 aromatic carbocycles. The van der Waals surface area contributed by atoms with Crippen molar-refractivity contribution < 1.29 is 19.1 Å². The van der Waals surface area contributed by atoms with Gasteiger partial charge in [-0.05, 0) is 68.7 Å². The standard InChI is InChI=1S/C28H33N5O4/c1-26(2,3)37-24(34)23-10-12-33(31-23)25(35)32-16-27(4)14-21(15-28(27,5)17-32)36-20-8-6-7-19(13-20)22-9-11-29-18-30-22/h6-13,18,21H,14-17H2,1-5H3/t21?,27-,28+. The van der Waals surface area contributed by atoms with Gasteiger partial charge in [-0.2, -0.15) is 9.78 Å². The Bertz CT molecular complexity index is 1300. The van der Waals surface area contributed by atoms with E-state index in [2.05, 4.69) is 28.9 Å². The molecule has 0 radical (unpaired) electrons. The van der Waals surface area contributed by atoms with E-state index in [1.165, 1.54) is 23.3 Å². The Morgan fingerprint density at radius 3 is 2.43 bits per heavy atom. The Kier molecular flexibility index (Phi) is 6.04. The van der Waals surface area contributed by atoms with Gasteiger partial charge in [0.1, 0.15) is 17.7 Å². The fourth-order valence-corrected chi connectivity index (χ4v) is 5.60. The summed E-state index contributed by atoms with van der Waals surface area (Å²) in [7, 11) is 0. The lowest BCUT2D eigenvalue weighted by Gasteiger charge is -2.31. The van der Waals surface area contributed by atoms with Crippen LogP contribution in [0, 0.1) is 10.8 Å². The highest BCUT2D eigenvalue weighted by atomic mass is 16.6. The molecule has 0 bridgehead atoms. The van der Waals surface area contributed by atoms with Crippen molar-refractivity contribution in [2.24, 2.45) is 10.8 Å². The first-order valence-corrected chi connectivity index (χ1v) is 12.6. The highest BCUT2D eigenvalue weighted by molar-refractivity contribution is 5.88. The largest absolute Gasteiger partial charge is 0.490 e. The molecular formula is C28H33N5O4. The van der Waals surface area contributed by atoms with Crippen LogP contribution in [-0.2, 0) is 4.74 Å². The average molecular weight is 504 g/mol. The van der Waals surface area contributed by atoms with Crippen molar-refractivity contribution in [3.8, 4) is 17.0 Å². The van der Waals surface area contributed by atoms with Gasteiger partial charge < -0.3 is 14.4 Å². The minimum absolute atomic E-state index is 0.0522. The smallest absolute Gasteiger partial charge is 0.359 e. The summed E-state index contributed by atoms with van der Waals surface area (Å²) in [5, 5.41) is 4.20. The summed E-state index contributed by atoms with van der Waals surface area (Å²) in [5.41, 5.74) is 1.13. The highest BCUT2D eigenvalue weighted by Crippen LogP contribution is 2.58. The zero-order valence-electron chi connectivity index (χ0n) is 22.0. The average Bonchev–Trinajstić information content (AvgIpc) is 3.48. The van der Waals surface area contributed by atoms with Crippen molar-refractivity contribution in [2.45, 2.75) is 59.2 Å². The van der Waals surface area contributed by atoms with E-state index in [1.54, 1.807) is 27.0 Å². The van der Waals surface area contributed by atoms with Crippen LogP contribution in [0.4, 0.5) is 4.79 Å². The van der Waals surface area contributed by atoms with Gasteiger partial charge in [0.25, 0.3) is 0 Å². The topological polar surface area (TPSA) is 99.4 Å². The van der Waals surface area contributed by atoms with E-state index in [1.807, 2.05) is 35.2 Å². The van der Waals surface area contributed by atoms with Crippen LogP contribution >= 0.6 is 0 Å². The maximum absolute atomic E-state index is 13.3. The summed E-state index contributed by atoms with van der Waals surface area (Å²) >= 11 is 0. The predicted octanol–water partition coefficient (Wildman–Crippen LogP) is 4.83. The van der Waals surface area contributed by atoms with Crippen molar-refractivity contribution >= 4 is 12.0 Å². The molecular weight excluding hydrogens is 470 g/mol. The van der Waals surface area contributed by atoms with E-state index in [0.717, 1.165) is 29.8 Å². The molecule has 2 fully saturated rings. The second-order valence-electron chi connectivity index (χ2n) is 11.7. The molecule has 3 atom stereocenters. The summed E-state index contributed by atoms with van der Waals surface area (Å²) < 4.78 is 13.0. The lowest BCUT2D eigenvalue weighted by Crippen LogP contribution is -2.36. The number of aromatic nitrogens is 4. The Morgan fingerprint density at radius 1 is 1.05 bits per heavy atom. The van der Waals surface area contributed by atoms with E-state index < -0.39 is 11.6 Å². The van der Waals surface area contributed by atoms with Crippen molar-refractivity contribution in [3.05, 3.63) is 60.8 Å². The highest BCUT2D eigenvalue weighted by Gasteiger charge is 2.59. The summed E-state index contributed by atoms with van der Waals surface area (Å²) in [6.45, 7) is 11.1. The third kappa shape index (κ3) is 4.95. The molecule has 0 N–H and O–H groups in total. The number of likely N-dealkylation sites (tertiary alicyclic amines) is 1. The molecule has 1 aliphatic carbocycles. The van der Waals surface area contributed by atoms with Crippen LogP contribution in [0.2, 0.25) is 0 Å². The third-order valence-electron chi connectivity index (χ3n) is 7.57. The van der Waals surface area contributed by atoms with Gasteiger partial charge in [-0.3, -0.25) is 0 Å². The zero-order valence-corrected chi connectivity index (χ0v) is 22.0. The Hall–Kier alpha value is -3.75. The van der Waals surface area contributed by atoms with Crippen molar-refractivity contribution in [3.63, 3.8) is 0 Å². The maximum Gasteiger partial charge on any atom is 0.359 e. The quantitative estimate of drug-likeness (QED) is 0.470. The molecule has 3 aromatic rings. The van der Waals surface area contributed by atoms with Gasteiger partial charge in [0.15, 0.2) is 5.69 Å². The summed E-state index contributed by atoms with van der Waals surface area (Å²) in [6.07, 6.45) is 6.52. The summed E-state index contributed by atoms with van der Waals surface area (Å²) in [5.74, 6) is 0.271. The first kappa shape index (κ1) is 24.9. The van der Waals surface area contributed by atoms with Crippen molar-refractivity contribution in [2.75, 3.05) is 13.1 Å². The molecule has 9 nitrogen and oxygen atoms in total. The second kappa shape index (κ2) is 8.97. The van der Waals surface area contributed by atoms with E-state index in [9.17, 15) is 9.59 Å². The van der Waals surface area contributed by atoms with Crippen LogP contribution < -0.4 is 4.74 Å². The number of amides is 1. The molecule has 3 heterocycles. The SMILES string of the molecule is CC(C)(C)OC(=O)c1ccn(C(=O)N2C[C@]3(C)CC(Oc4cccc(-c5ccncn5)c4)C[C@]3(C)C2)n1. The summed E-state index contributed by atoms with van der Waals surface area (Å²) in [6, 6.07) is 11.1. The number of fused-ring (bicyclic) bond motifs is 1. The number of nitrogens with zero attached hydrogens (tertiary/aromatic N) is 5. The Labute approximate surface area is 216 Å². The van der Waals surface area contributed by atoms with E-state index in [-0.39, 0.29) is 28.7 Å². The van der Waals surface area contributed by atoms with Gasteiger partial charge in [0.05, 0.1) is 11.8 Å². The number of hydrogen-bond acceptors (Lipinski definition) is 7. The number of esters is 1. The molecule has 5 rings (SSSR count). The molecule has 9 heteroatoms. The normalized spacial score (nSPS) is 25.1. The van der Waals surface area contributed by atoms with Gasteiger partial charge in [-0.1, -0.05) is 26.0 Å². The number of carbonyl (C=O) groups is 2. The third-order valence-corrected chi connectivity index (χ3v) is 7.57. The molecule has 1 unspecified atom stereocenters. The van der Waals surface area contributed by atoms with E-state index in [4.69, 9.17) is 9.47 Å². The van der Waals surface area contributed by atoms with Crippen molar-refractivity contribution in [1.29, 1.82) is 0 Å². The summed E-state index contributed by atoms with van der Waals surface area (Å²) in [4.78, 5) is 35.7. The first-order valence-electron chi connectivity index (χ1n) is 12.6. The number of benzene rings is 1. The van der Waals surface area contributed by atoms with Crippen molar-refractivity contribution in [1.82, 2.24) is 24.6 Å².